The summed E-state index contributed by atoms with van der Waals surface area (Å²) >= 11 is 0. The molecule has 0 saturated carbocycles. The van der Waals surface area contributed by atoms with Gasteiger partial charge in [0.2, 0.25) is 0 Å². The van der Waals surface area contributed by atoms with Crippen LogP contribution in [0.2, 0.25) is 0 Å². The third-order valence-electron chi connectivity index (χ3n) is 0.357. The zero-order chi connectivity index (χ0) is 5.15. The fraction of sp³-hybridized carbons (Fsp3) is 0.667. The van der Waals surface area contributed by atoms with Crippen molar-refractivity contribution in [3.63, 3.8) is 0 Å². The summed E-state index contributed by atoms with van der Waals surface area (Å²) in [5.74, 6) is -1.19. The van der Waals surface area contributed by atoms with Gasteiger partial charge in [0, 0.05) is 0 Å². The van der Waals surface area contributed by atoms with Gasteiger partial charge in [0.05, 0.1) is 0 Å². The Morgan fingerprint density at radius 3 is 1.08 bits per heavy atom. The minimum absolute atomic E-state index is 0. The molecule has 0 aliphatic carbocycles. The summed E-state index contributed by atoms with van der Waals surface area (Å²) in [6.07, 6.45) is -1.23. The van der Waals surface area contributed by atoms with E-state index in [1.54, 1.807) is 0 Å². The fourth-order valence-corrected chi connectivity index (χ4v) is 0. The molecule has 0 aromatic heterocycles. The van der Waals surface area contributed by atoms with Gasteiger partial charge in [-0.1, -0.05) is 0 Å². The standard InChI is InChI=1S/C3H6O3.2Ca.5H2O.4H/c1-2(4)3(5)6;;;;;;;;;;;/h2,4H,1H3,(H,5,6);;;5*1H2;;;;. The van der Waals surface area contributed by atoms with Crippen molar-refractivity contribution in [3.05, 3.63) is 0 Å². The summed E-state index contributed by atoms with van der Waals surface area (Å²) in [6.45, 7) is 1.20. The van der Waals surface area contributed by atoms with Crippen LogP contribution < -0.4 is 0 Å². The number of aliphatic carboxylic acids is 1. The average Bonchev–Trinajstić information content (AvgIpc) is 1.36. The summed E-state index contributed by atoms with van der Waals surface area (Å²) in [6, 6.07) is 0. The molecule has 84 valence electrons. The molecule has 8 nitrogen and oxygen atoms in total. The monoisotopic (exact) mass is 264 g/mol. The summed E-state index contributed by atoms with van der Waals surface area (Å²) in [4.78, 5) is 9.45. The number of carboxylic acids is 1. The normalized spacial score (nSPS) is 6.31. The molecule has 0 aromatic rings. The maximum atomic E-state index is 9.45. The van der Waals surface area contributed by atoms with Crippen LogP contribution >= 0.6 is 0 Å². The number of aliphatic hydroxyl groups is 1. The van der Waals surface area contributed by atoms with Gasteiger partial charge in [0.25, 0.3) is 0 Å². The Labute approximate surface area is 135 Å². The first-order valence-electron chi connectivity index (χ1n) is 1.55. The first-order valence-corrected chi connectivity index (χ1v) is 1.55. The maximum absolute atomic E-state index is 9.45. The van der Waals surface area contributed by atoms with E-state index >= 15 is 0 Å². The Hall–Kier alpha value is 1.75. The molecule has 0 radical (unpaired) electrons. The number of hydrogen-bond donors (Lipinski definition) is 2. The van der Waals surface area contributed by atoms with Crippen molar-refractivity contribution in [2.75, 3.05) is 0 Å². The van der Waals surface area contributed by atoms with E-state index < -0.39 is 12.1 Å². The molecule has 0 heterocycles. The van der Waals surface area contributed by atoms with Crippen molar-refractivity contribution >= 4 is 81.4 Å². The molecule has 0 rings (SSSR count). The molecule has 1 unspecified atom stereocenters. The molecular formula is C3H20Ca2O8. The summed E-state index contributed by atoms with van der Waals surface area (Å²) < 4.78 is 0. The van der Waals surface area contributed by atoms with Crippen LogP contribution in [0.4, 0.5) is 0 Å². The fourth-order valence-electron chi connectivity index (χ4n) is 0. The van der Waals surface area contributed by atoms with Crippen LogP contribution in [0.25, 0.3) is 0 Å². The molecule has 0 amide bonds. The van der Waals surface area contributed by atoms with Gasteiger partial charge in [-0.05, 0) is 6.92 Å². The molecule has 10 heteroatoms. The van der Waals surface area contributed by atoms with Gasteiger partial charge < -0.3 is 37.6 Å². The van der Waals surface area contributed by atoms with Crippen LogP contribution in [0.15, 0.2) is 0 Å². The minimum atomic E-state index is -1.23. The molecule has 13 heavy (non-hydrogen) atoms. The second-order valence-corrected chi connectivity index (χ2v) is 1.01. The van der Waals surface area contributed by atoms with Crippen LogP contribution in [-0.2, 0) is 4.79 Å². The van der Waals surface area contributed by atoms with Crippen LogP contribution in [0.1, 0.15) is 6.92 Å². The quantitative estimate of drug-likeness (QED) is 0.442. The molecule has 0 fully saturated rings. The van der Waals surface area contributed by atoms with Crippen molar-refractivity contribution < 1.29 is 42.4 Å². The first kappa shape index (κ1) is 61.2. The molecule has 12 N–H and O–H groups in total. The number of rotatable bonds is 1. The molecule has 0 aromatic carbocycles. The van der Waals surface area contributed by atoms with E-state index in [-0.39, 0.29) is 103 Å². The van der Waals surface area contributed by atoms with Crippen molar-refractivity contribution in [2.24, 2.45) is 0 Å². The molecule has 0 aliphatic heterocycles. The number of aliphatic hydroxyl groups excluding tert-OH is 1. The second-order valence-electron chi connectivity index (χ2n) is 1.01. The summed E-state index contributed by atoms with van der Waals surface area (Å²) in [7, 11) is 0. The third-order valence-corrected chi connectivity index (χ3v) is 0.357. The zero-order valence-electron chi connectivity index (χ0n) is 5.88. The molecule has 0 aliphatic rings. The van der Waals surface area contributed by atoms with Gasteiger partial charge in [-0.25, -0.2) is 4.79 Å². The first-order chi connectivity index (χ1) is 2.64. The third kappa shape index (κ3) is 57.4. The zero-order valence-corrected chi connectivity index (χ0v) is 5.88. The summed E-state index contributed by atoms with van der Waals surface area (Å²) in [5, 5.41) is 15.8. The second kappa shape index (κ2) is 37.2. The van der Waals surface area contributed by atoms with Crippen LogP contribution in [0.3, 0.4) is 0 Å². The number of carbonyl (C=O) groups is 1. The van der Waals surface area contributed by atoms with Crippen LogP contribution in [0.5, 0.6) is 0 Å². The van der Waals surface area contributed by atoms with E-state index in [4.69, 9.17) is 10.2 Å². The molecule has 0 saturated heterocycles. The average molecular weight is 264 g/mol. The number of hydrogen-bond acceptors (Lipinski definition) is 2. The molecule has 1 atom stereocenters. The van der Waals surface area contributed by atoms with Crippen molar-refractivity contribution in [3.8, 4) is 0 Å². The molecule has 0 spiro atoms. The van der Waals surface area contributed by atoms with Crippen molar-refractivity contribution in [2.45, 2.75) is 13.0 Å². The van der Waals surface area contributed by atoms with E-state index in [1.807, 2.05) is 0 Å². The van der Waals surface area contributed by atoms with Gasteiger partial charge in [0.15, 0.2) is 0 Å². The van der Waals surface area contributed by atoms with Crippen LogP contribution in [-0.4, -0.2) is 125 Å². The Morgan fingerprint density at radius 2 is 1.08 bits per heavy atom. The number of carboxylic acid groups (broad SMARTS) is 1. The van der Waals surface area contributed by atoms with Gasteiger partial charge in [-0.3, -0.25) is 0 Å². The van der Waals surface area contributed by atoms with Crippen molar-refractivity contribution in [1.29, 1.82) is 0 Å². The van der Waals surface area contributed by atoms with Crippen LogP contribution in [0, 0.1) is 0 Å². The Kier molecular flexibility index (Phi) is 175. The van der Waals surface area contributed by atoms with E-state index in [0.717, 1.165) is 0 Å². The van der Waals surface area contributed by atoms with E-state index in [0.29, 0.717) is 0 Å². The van der Waals surface area contributed by atoms with Gasteiger partial charge in [-0.2, -0.15) is 0 Å². The Bertz CT molecular complexity index is 68.4. The Morgan fingerprint density at radius 1 is 1.00 bits per heavy atom. The predicted octanol–water partition coefficient (Wildman–Crippen LogP) is -6.50. The molecular weight excluding hydrogens is 244 g/mol. The van der Waals surface area contributed by atoms with E-state index in [9.17, 15) is 4.79 Å². The van der Waals surface area contributed by atoms with Crippen molar-refractivity contribution in [1.82, 2.24) is 0 Å². The molecule has 0 bridgehead atoms. The predicted molar refractivity (Wildman–Crippen MR) is 54.5 cm³/mol. The van der Waals surface area contributed by atoms with Gasteiger partial charge >= 0.3 is 81.4 Å². The topological polar surface area (TPSA) is 215 Å². The van der Waals surface area contributed by atoms with Gasteiger partial charge in [-0.15, -0.1) is 0 Å². The summed E-state index contributed by atoms with van der Waals surface area (Å²) in [5.41, 5.74) is 0. The van der Waals surface area contributed by atoms with E-state index in [2.05, 4.69) is 0 Å². The SMILES string of the molecule is CC(O)C(=O)O.O.O.O.O.O.[CaH2].[CaH2]. The van der Waals surface area contributed by atoms with E-state index in [1.165, 1.54) is 6.92 Å². The van der Waals surface area contributed by atoms with Gasteiger partial charge in [0.1, 0.15) is 6.10 Å². The Balaban J connectivity index is -0.00000000595.